The van der Waals surface area contributed by atoms with Crippen molar-refractivity contribution in [2.75, 3.05) is 13.2 Å². The number of fused-ring (bicyclic) bond motifs is 6. The van der Waals surface area contributed by atoms with Crippen LogP contribution in [0.5, 0.6) is 0 Å². The second-order valence-electron chi connectivity index (χ2n) is 8.79. The molecule has 5 aliphatic rings. The first-order valence-electron chi connectivity index (χ1n) is 9.41. The third-order valence-electron chi connectivity index (χ3n) is 6.97. The number of esters is 2. The van der Waals surface area contributed by atoms with Crippen molar-refractivity contribution >= 4 is 11.9 Å². The normalized spacial score (nSPS) is 44.4. The fourth-order valence-corrected chi connectivity index (χ4v) is 5.90. The van der Waals surface area contributed by atoms with Gasteiger partial charge >= 0.3 is 11.9 Å². The Bertz CT molecular complexity index is 792. The van der Waals surface area contributed by atoms with Crippen molar-refractivity contribution in [2.24, 2.45) is 23.2 Å². The van der Waals surface area contributed by atoms with Gasteiger partial charge in [-0.15, -0.1) is 0 Å². The van der Waals surface area contributed by atoms with Crippen molar-refractivity contribution in [3.05, 3.63) is 23.0 Å². The summed E-state index contributed by atoms with van der Waals surface area (Å²) in [5.74, 6) is -0.153. The van der Waals surface area contributed by atoms with E-state index >= 15 is 0 Å². The number of hydrogen-bond donors (Lipinski definition) is 0. The van der Waals surface area contributed by atoms with Crippen molar-refractivity contribution in [1.82, 2.24) is 0 Å². The van der Waals surface area contributed by atoms with Gasteiger partial charge in [0.2, 0.25) is 0 Å². The highest BCUT2D eigenvalue weighted by Gasteiger charge is 2.76. The van der Waals surface area contributed by atoms with E-state index in [4.69, 9.17) is 18.9 Å². The lowest BCUT2D eigenvalue weighted by atomic mass is 9.64. The molecule has 0 radical (unpaired) electrons. The first kappa shape index (κ1) is 16.5. The highest BCUT2D eigenvalue weighted by Crippen LogP contribution is 2.75. The topological polar surface area (TPSA) is 71.1 Å². The van der Waals surface area contributed by atoms with Crippen LogP contribution in [-0.4, -0.2) is 36.5 Å². The summed E-state index contributed by atoms with van der Waals surface area (Å²) in [6, 6.07) is 0. The summed E-state index contributed by atoms with van der Waals surface area (Å²) in [6.07, 6.45) is 3.75. The summed E-state index contributed by atoms with van der Waals surface area (Å²) in [5.41, 5.74) is 0.250. The third-order valence-corrected chi connectivity index (χ3v) is 6.97. The van der Waals surface area contributed by atoms with E-state index in [-0.39, 0.29) is 29.1 Å². The number of hydrogen-bond acceptors (Lipinski definition) is 6. The zero-order chi connectivity index (χ0) is 18.5. The molecule has 3 fully saturated rings. The maximum absolute atomic E-state index is 12.3. The molecule has 1 spiro atoms. The van der Waals surface area contributed by atoms with Gasteiger partial charge in [0.1, 0.15) is 11.4 Å². The molecule has 26 heavy (non-hydrogen) atoms. The highest BCUT2D eigenvalue weighted by molar-refractivity contribution is 6.17. The number of rotatable bonds is 2. The molecule has 0 amide bonds. The summed E-state index contributed by atoms with van der Waals surface area (Å²) in [6.45, 7) is 8.63. The third kappa shape index (κ3) is 1.89. The van der Waals surface area contributed by atoms with E-state index in [0.29, 0.717) is 36.2 Å². The molecule has 5 rings (SSSR count). The minimum absolute atomic E-state index is 0.0500. The maximum Gasteiger partial charge on any atom is 0.351 e. The smallest absolute Gasteiger partial charge is 0.351 e. The summed E-state index contributed by atoms with van der Waals surface area (Å²) >= 11 is 0. The molecule has 0 bridgehead atoms. The van der Waals surface area contributed by atoms with E-state index in [1.807, 2.05) is 13.8 Å². The molecule has 2 saturated carbocycles. The lowest BCUT2D eigenvalue weighted by Gasteiger charge is -2.43. The van der Waals surface area contributed by atoms with Gasteiger partial charge in [-0.05, 0) is 56.9 Å². The van der Waals surface area contributed by atoms with E-state index in [0.717, 1.165) is 6.42 Å². The summed E-state index contributed by atoms with van der Waals surface area (Å²) in [5, 5.41) is 0. The molecule has 0 unspecified atom stereocenters. The van der Waals surface area contributed by atoms with E-state index < -0.39 is 17.7 Å². The zero-order valence-corrected chi connectivity index (χ0v) is 15.6. The first-order valence-corrected chi connectivity index (χ1v) is 9.41. The van der Waals surface area contributed by atoms with Crippen LogP contribution in [0, 0.1) is 23.2 Å². The van der Waals surface area contributed by atoms with Crippen LogP contribution >= 0.6 is 0 Å². The molecule has 1 saturated heterocycles. The van der Waals surface area contributed by atoms with Gasteiger partial charge in [-0.3, -0.25) is 0 Å². The standard InChI is InChI=1S/C20H24O6/c1-5-23-16(21)15-10-6-14-19(4,8-13(10)25-17(15)22)11-7-12(11)20(14)9-24-18(2,3)26-20/h8,11-12,14H,5-7,9H2,1-4H3/t11-,12+,14-,19+,20-/m1/s1. The monoisotopic (exact) mass is 360 g/mol. The molecular formula is C20H24O6. The van der Waals surface area contributed by atoms with Gasteiger partial charge in [0.25, 0.3) is 0 Å². The molecule has 2 heterocycles. The molecule has 0 aromatic rings. The molecule has 0 aromatic carbocycles. The molecular weight excluding hydrogens is 336 g/mol. The molecule has 0 aromatic heterocycles. The Morgan fingerprint density at radius 2 is 2.08 bits per heavy atom. The molecule has 3 aliphatic carbocycles. The number of ether oxygens (including phenoxy) is 4. The Balaban J connectivity index is 1.60. The van der Waals surface area contributed by atoms with E-state index in [1.54, 1.807) is 6.92 Å². The second kappa shape index (κ2) is 4.78. The van der Waals surface area contributed by atoms with Crippen LogP contribution in [0.25, 0.3) is 0 Å². The van der Waals surface area contributed by atoms with E-state index in [2.05, 4.69) is 13.0 Å². The number of carbonyl (C=O) groups is 2. The van der Waals surface area contributed by atoms with Crippen LogP contribution in [0.15, 0.2) is 23.0 Å². The Morgan fingerprint density at radius 3 is 2.73 bits per heavy atom. The van der Waals surface area contributed by atoms with Gasteiger partial charge in [-0.2, -0.15) is 0 Å². The molecule has 6 heteroatoms. The highest BCUT2D eigenvalue weighted by atomic mass is 16.8. The lowest BCUT2D eigenvalue weighted by molar-refractivity contribution is -0.178. The summed E-state index contributed by atoms with van der Waals surface area (Å²) < 4.78 is 23.0. The molecule has 5 atom stereocenters. The first-order chi connectivity index (χ1) is 12.2. The lowest BCUT2D eigenvalue weighted by Crippen LogP contribution is -2.47. The van der Waals surface area contributed by atoms with Crippen molar-refractivity contribution < 1.29 is 28.5 Å². The Labute approximate surface area is 152 Å². The molecule has 2 aliphatic heterocycles. The van der Waals surface area contributed by atoms with Crippen molar-refractivity contribution in [3.8, 4) is 0 Å². The fraction of sp³-hybridized carbons (Fsp3) is 0.700. The Kier molecular flexibility index (Phi) is 3.04. The van der Waals surface area contributed by atoms with Gasteiger partial charge in [-0.25, -0.2) is 9.59 Å². The SMILES string of the molecule is CCOC(=O)C1=C2C[C@@H]3[C@@](C)(C=C2OC1=O)[C@@H]1C[C@@H]1[C@]31COC(C)(C)O1. The van der Waals surface area contributed by atoms with Crippen molar-refractivity contribution in [3.63, 3.8) is 0 Å². The van der Waals surface area contributed by atoms with Gasteiger partial charge < -0.3 is 18.9 Å². The molecule has 140 valence electrons. The van der Waals surface area contributed by atoms with Crippen molar-refractivity contribution in [2.45, 2.75) is 51.9 Å². The van der Waals surface area contributed by atoms with Crippen LogP contribution in [0.2, 0.25) is 0 Å². The Hall–Kier alpha value is -1.66. The van der Waals surface area contributed by atoms with Crippen LogP contribution < -0.4 is 0 Å². The summed E-state index contributed by atoms with van der Waals surface area (Å²) in [7, 11) is 0. The average molecular weight is 360 g/mol. The van der Waals surface area contributed by atoms with Gasteiger partial charge in [-0.1, -0.05) is 6.92 Å². The van der Waals surface area contributed by atoms with Gasteiger partial charge in [0.15, 0.2) is 11.4 Å². The summed E-state index contributed by atoms with van der Waals surface area (Å²) in [4.78, 5) is 24.6. The van der Waals surface area contributed by atoms with Crippen molar-refractivity contribution in [1.29, 1.82) is 0 Å². The number of allylic oxidation sites excluding steroid dienone is 2. The van der Waals surface area contributed by atoms with Crippen LogP contribution in [0.4, 0.5) is 0 Å². The van der Waals surface area contributed by atoms with Crippen LogP contribution in [0.1, 0.15) is 40.5 Å². The quantitative estimate of drug-likeness (QED) is 0.557. The average Bonchev–Trinajstić information content (AvgIpc) is 3.17. The minimum Gasteiger partial charge on any atom is -0.462 e. The largest absolute Gasteiger partial charge is 0.462 e. The van der Waals surface area contributed by atoms with E-state index in [9.17, 15) is 9.59 Å². The zero-order valence-electron chi connectivity index (χ0n) is 15.6. The minimum atomic E-state index is -0.608. The fourth-order valence-electron chi connectivity index (χ4n) is 5.90. The Morgan fingerprint density at radius 1 is 1.31 bits per heavy atom. The maximum atomic E-state index is 12.3. The van der Waals surface area contributed by atoms with E-state index in [1.165, 1.54) is 0 Å². The van der Waals surface area contributed by atoms with Crippen LogP contribution in [0.3, 0.4) is 0 Å². The predicted molar refractivity (Wildman–Crippen MR) is 89.5 cm³/mol. The van der Waals surface area contributed by atoms with Crippen LogP contribution in [-0.2, 0) is 28.5 Å². The number of carbonyl (C=O) groups excluding carboxylic acids is 2. The molecule has 0 N–H and O–H groups in total. The second-order valence-corrected chi connectivity index (χ2v) is 8.79. The van der Waals surface area contributed by atoms with Gasteiger partial charge in [0, 0.05) is 11.5 Å². The molecule has 6 nitrogen and oxygen atoms in total. The van der Waals surface area contributed by atoms with Gasteiger partial charge in [0.05, 0.1) is 13.2 Å². The predicted octanol–water partition coefficient (Wildman–Crippen LogP) is 2.48.